The van der Waals surface area contributed by atoms with Gasteiger partial charge < -0.3 is 0 Å². The second-order valence-corrected chi connectivity index (χ2v) is 4.07. The van der Waals surface area contributed by atoms with E-state index in [0.29, 0.717) is 13.0 Å². The van der Waals surface area contributed by atoms with Crippen molar-refractivity contribution < 1.29 is 9.59 Å². The molecule has 0 fully saturated rings. The van der Waals surface area contributed by atoms with E-state index in [9.17, 15) is 9.59 Å². The summed E-state index contributed by atoms with van der Waals surface area (Å²) in [7, 11) is 0. The molecule has 0 saturated carbocycles. The van der Waals surface area contributed by atoms with Crippen molar-refractivity contribution in [3.63, 3.8) is 0 Å². The summed E-state index contributed by atoms with van der Waals surface area (Å²) in [5.41, 5.74) is 2.05. The van der Waals surface area contributed by atoms with Crippen molar-refractivity contribution in [2.75, 3.05) is 11.4 Å². The number of amides is 1. The van der Waals surface area contributed by atoms with Crippen LogP contribution in [0.3, 0.4) is 0 Å². The van der Waals surface area contributed by atoms with Gasteiger partial charge in [-0.05, 0) is 25.0 Å². The lowest BCUT2D eigenvalue weighted by Gasteiger charge is -2.13. The third-order valence-electron chi connectivity index (χ3n) is 2.79. The molecule has 0 spiro atoms. The van der Waals surface area contributed by atoms with Crippen LogP contribution in [0.15, 0.2) is 12.3 Å². The maximum absolute atomic E-state index is 11.4. The molecule has 1 amide bonds. The number of aromatic nitrogens is 1. The van der Waals surface area contributed by atoms with Gasteiger partial charge in [0.1, 0.15) is 11.6 Å². The molecule has 0 radical (unpaired) electrons. The maximum atomic E-state index is 11.4. The van der Waals surface area contributed by atoms with Gasteiger partial charge in [-0.15, -0.1) is 0 Å². The largest absolute Gasteiger partial charge is 0.300 e. The lowest BCUT2D eigenvalue weighted by molar-refractivity contribution is -0.117. The maximum Gasteiger partial charge on any atom is 0.225 e. The summed E-state index contributed by atoms with van der Waals surface area (Å²) in [4.78, 5) is 28.4. The fourth-order valence-electron chi connectivity index (χ4n) is 2.09. The molecule has 0 unspecified atom stereocenters. The van der Waals surface area contributed by atoms with Crippen LogP contribution in [-0.4, -0.2) is 23.2 Å². The van der Waals surface area contributed by atoms with Crippen molar-refractivity contribution in [3.05, 3.63) is 23.4 Å². The minimum atomic E-state index is 0.00576. The summed E-state index contributed by atoms with van der Waals surface area (Å²) >= 11 is 0. The van der Waals surface area contributed by atoms with Crippen LogP contribution in [0.25, 0.3) is 0 Å². The second kappa shape index (κ2) is 4.04. The van der Waals surface area contributed by atoms with Gasteiger partial charge in [0.15, 0.2) is 0 Å². The molecule has 1 aliphatic heterocycles. The van der Waals surface area contributed by atoms with Crippen LogP contribution >= 0.6 is 0 Å². The molecule has 0 N–H and O–H groups in total. The fraction of sp³-hybridized carbons (Fsp3) is 0.417. The number of rotatable bonds is 2. The highest BCUT2D eigenvalue weighted by Gasteiger charge is 2.25. The van der Waals surface area contributed by atoms with Crippen LogP contribution in [0.1, 0.15) is 25.0 Å². The van der Waals surface area contributed by atoms with Gasteiger partial charge in [0.25, 0.3) is 0 Å². The van der Waals surface area contributed by atoms with E-state index in [-0.39, 0.29) is 11.7 Å². The highest BCUT2D eigenvalue weighted by Crippen LogP contribution is 2.28. The van der Waals surface area contributed by atoms with E-state index in [1.165, 1.54) is 6.92 Å². The van der Waals surface area contributed by atoms with E-state index in [0.717, 1.165) is 23.4 Å². The van der Waals surface area contributed by atoms with Crippen LogP contribution in [-0.2, 0) is 22.4 Å². The summed E-state index contributed by atoms with van der Waals surface area (Å²) in [5.74, 6) is 0.868. The molecule has 0 aromatic carbocycles. The Morgan fingerprint density at radius 1 is 1.44 bits per heavy atom. The Bertz CT molecular complexity index is 454. The van der Waals surface area contributed by atoms with Crippen molar-refractivity contribution in [3.8, 4) is 0 Å². The first-order chi connectivity index (χ1) is 7.59. The Labute approximate surface area is 94.3 Å². The summed E-state index contributed by atoms with van der Waals surface area (Å²) < 4.78 is 0. The number of anilines is 1. The Hall–Kier alpha value is -1.71. The average Bonchev–Trinajstić information content (AvgIpc) is 2.61. The molecule has 0 atom stereocenters. The van der Waals surface area contributed by atoms with Crippen molar-refractivity contribution >= 4 is 17.5 Å². The molecule has 2 heterocycles. The fourth-order valence-corrected chi connectivity index (χ4v) is 2.09. The molecule has 1 aliphatic rings. The molecule has 2 rings (SSSR count). The minimum Gasteiger partial charge on any atom is -0.300 e. The first-order valence-corrected chi connectivity index (χ1v) is 5.34. The van der Waals surface area contributed by atoms with Gasteiger partial charge in [0.2, 0.25) is 5.91 Å². The van der Waals surface area contributed by atoms with E-state index >= 15 is 0 Å². The van der Waals surface area contributed by atoms with Gasteiger partial charge in [-0.25, -0.2) is 4.98 Å². The first kappa shape index (κ1) is 10.8. The topological polar surface area (TPSA) is 50.3 Å². The van der Waals surface area contributed by atoms with Gasteiger partial charge in [-0.3, -0.25) is 14.5 Å². The summed E-state index contributed by atoms with van der Waals surface area (Å²) in [6.45, 7) is 3.78. The van der Waals surface area contributed by atoms with Crippen LogP contribution < -0.4 is 4.90 Å². The average molecular weight is 218 g/mol. The monoisotopic (exact) mass is 218 g/mol. The van der Waals surface area contributed by atoms with E-state index in [1.807, 2.05) is 6.07 Å². The van der Waals surface area contributed by atoms with Crippen molar-refractivity contribution in [2.45, 2.75) is 26.7 Å². The minimum absolute atomic E-state index is 0.00576. The molecule has 4 nitrogen and oxygen atoms in total. The number of ketones is 1. The van der Waals surface area contributed by atoms with Gasteiger partial charge in [0, 0.05) is 31.6 Å². The van der Waals surface area contributed by atoms with Crippen LogP contribution in [0.5, 0.6) is 0 Å². The molecule has 0 aliphatic carbocycles. The summed E-state index contributed by atoms with van der Waals surface area (Å²) in [6.07, 6.45) is 2.89. The molecule has 4 heteroatoms. The Kier molecular flexibility index (Phi) is 2.73. The van der Waals surface area contributed by atoms with Gasteiger partial charge in [-0.2, -0.15) is 0 Å². The van der Waals surface area contributed by atoms with Crippen LogP contribution in [0, 0.1) is 0 Å². The number of fused-ring (bicyclic) bond motifs is 1. The van der Waals surface area contributed by atoms with Gasteiger partial charge in [-0.1, -0.05) is 0 Å². The first-order valence-electron chi connectivity index (χ1n) is 5.34. The predicted molar refractivity (Wildman–Crippen MR) is 60.4 cm³/mol. The number of hydrogen-bond donors (Lipinski definition) is 0. The standard InChI is InChI=1S/C12H14N2O2/c1-8(15)7-10-3-5-13-12-11(10)4-6-14(12)9(2)16/h3,5H,4,6-7H2,1-2H3. The Morgan fingerprint density at radius 2 is 2.19 bits per heavy atom. The lowest BCUT2D eigenvalue weighted by Crippen LogP contribution is -2.26. The van der Waals surface area contributed by atoms with Crippen LogP contribution in [0.2, 0.25) is 0 Å². The van der Waals surface area contributed by atoms with E-state index < -0.39 is 0 Å². The molecular weight excluding hydrogens is 204 g/mol. The SMILES string of the molecule is CC(=O)Cc1ccnc2c1CCN2C(C)=O. The molecule has 0 bridgehead atoms. The number of carbonyl (C=O) groups excluding carboxylic acids is 2. The molecule has 0 saturated heterocycles. The third-order valence-corrected chi connectivity index (χ3v) is 2.79. The number of hydrogen-bond acceptors (Lipinski definition) is 3. The normalized spacial score (nSPS) is 13.8. The van der Waals surface area contributed by atoms with E-state index in [1.54, 1.807) is 18.0 Å². The quantitative estimate of drug-likeness (QED) is 0.747. The molecule has 1 aromatic rings. The third kappa shape index (κ3) is 1.83. The number of pyridine rings is 1. The molecule has 1 aromatic heterocycles. The zero-order valence-electron chi connectivity index (χ0n) is 9.49. The van der Waals surface area contributed by atoms with Gasteiger partial charge in [0.05, 0.1) is 0 Å². The van der Waals surface area contributed by atoms with Crippen LogP contribution in [0.4, 0.5) is 5.82 Å². The number of Topliss-reactive ketones (excluding diaryl/α,β-unsaturated/α-hetero) is 1. The molecule has 16 heavy (non-hydrogen) atoms. The summed E-state index contributed by atoms with van der Waals surface area (Å²) in [5, 5.41) is 0. The number of nitrogens with zero attached hydrogens (tertiary/aromatic N) is 2. The van der Waals surface area contributed by atoms with Crippen molar-refractivity contribution in [1.82, 2.24) is 4.98 Å². The second-order valence-electron chi connectivity index (χ2n) is 4.07. The van der Waals surface area contributed by atoms with E-state index in [4.69, 9.17) is 0 Å². The van der Waals surface area contributed by atoms with Crippen molar-refractivity contribution in [2.24, 2.45) is 0 Å². The highest BCUT2D eigenvalue weighted by molar-refractivity contribution is 5.93. The number of carbonyl (C=O) groups is 2. The zero-order valence-corrected chi connectivity index (χ0v) is 9.49. The lowest BCUT2D eigenvalue weighted by atomic mass is 10.0. The smallest absolute Gasteiger partial charge is 0.225 e. The molecular formula is C12H14N2O2. The summed E-state index contributed by atoms with van der Waals surface area (Å²) in [6, 6.07) is 1.86. The Balaban J connectivity index is 2.39. The molecule has 84 valence electrons. The zero-order chi connectivity index (χ0) is 11.7. The van der Waals surface area contributed by atoms with Crippen molar-refractivity contribution in [1.29, 1.82) is 0 Å². The Morgan fingerprint density at radius 3 is 2.81 bits per heavy atom. The highest BCUT2D eigenvalue weighted by atomic mass is 16.2. The van der Waals surface area contributed by atoms with E-state index in [2.05, 4.69) is 4.98 Å². The predicted octanol–water partition coefficient (Wildman–Crippen LogP) is 1.12. The van der Waals surface area contributed by atoms with Gasteiger partial charge >= 0.3 is 0 Å².